The summed E-state index contributed by atoms with van der Waals surface area (Å²) in [7, 11) is 0. The quantitative estimate of drug-likeness (QED) is 0.849. The molecule has 1 N–H and O–H groups in total. The van der Waals surface area contributed by atoms with Crippen LogP contribution in [0, 0.1) is 6.92 Å². The molecule has 106 valence electrons. The largest absolute Gasteiger partial charge is 0.508 e. The van der Waals surface area contributed by atoms with Crippen molar-refractivity contribution in [1.29, 1.82) is 0 Å². The number of nitrogens with zero attached hydrogens (tertiary/aromatic N) is 1. The third-order valence-electron chi connectivity index (χ3n) is 3.67. The Balaban J connectivity index is 3.01. The van der Waals surface area contributed by atoms with Crippen molar-refractivity contribution in [3.8, 4) is 5.75 Å². The van der Waals surface area contributed by atoms with Crippen LogP contribution in [0.5, 0.6) is 5.75 Å². The van der Waals surface area contributed by atoms with Crippen molar-refractivity contribution < 1.29 is 9.90 Å². The highest BCUT2D eigenvalue weighted by Crippen LogP contribution is 2.22. The minimum atomic E-state index is 0.0243. The lowest BCUT2D eigenvalue weighted by molar-refractivity contribution is 0.0684. The van der Waals surface area contributed by atoms with Crippen LogP contribution in [0.1, 0.15) is 56.0 Å². The van der Waals surface area contributed by atoms with E-state index >= 15 is 0 Å². The highest BCUT2D eigenvalue weighted by Gasteiger charge is 2.21. The number of rotatable bonds is 6. The van der Waals surface area contributed by atoms with Gasteiger partial charge in [-0.15, -0.1) is 0 Å². The van der Waals surface area contributed by atoms with Crippen molar-refractivity contribution in [2.75, 3.05) is 6.54 Å². The van der Waals surface area contributed by atoms with Crippen LogP contribution in [0.2, 0.25) is 0 Å². The van der Waals surface area contributed by atoms with E-state index in [-0.39, 0.29) is 17.7 Å². The summed E-state index contributed by atoms with van der Waals surface area (Å²) in [5.74, 6) is 0.210. The Morgan fingerprint density at radius 2 is 2.05 bits per heavy atom. The van der Waals surface area contributed by atoms with E-state index in [4.69, 9.17) is 0 Å². The van der Waals surface area contributed by atoms with Crippen LogP contribution >= 0.6 is 0 Å². The summed E-state index contributed by atoms with van der Waals surface area (Å²) in [6, 6.07) is 5.36. The first kappa shape index (κ1) is 15.5. The molecule has 1 rings (SSSR count). The Labute approximate surface area is 116 Å². The summed E-state index contributed by atoms with van der Waals surface area (Å²) in [6.45, 7) is 8.85. The number of phenols is 1. The number of phenolic OH excluding ortho intramolecular Hbond substituents is 1. The summed E-state index contributed by atoms with van der Waals surface area (Å²) < 4.78 is 0. The molecule has 0 fully saturated rings. The average molecular weight is 263 g/mol. The fourth-order valence-electron chi connectivity index (χ4n) is 2.08. The van der Waals surface area contributed by atoms with E-state index in [0.29, 0.717) is 11.1 Å². The SMILES string of the molecule is CCCCN(C(=O)c1cccc(O)c1C)C(C)CC. The number of unbranched alkanes of at least 4 members (excludes halogenated alkanes) is 1. The third kappa shape index (κ3) is 3.72. The van der Waals surface area contributed by atoms with Gasteiger partial charge < -0.3 is 10.0 Å². The van der Waals surface area contributed by atoms with Gasteiger partial charge in [-0.1, -0.05) is 26.3 Å². The number of hydrogen-bond acceptors (Lipinski definition) is 2. The smallest absolute Gasteiger partial charge is 0.254 e. The Kier molecular flexibility index (Phi) is 5.87. The van der Waals surface area contributed by atoms with Gasteiger partial charge >= 0.3 is 0 Å². The van der Waals surface area contributed by atoms with E-state index in [2.05, 4.69) is 20.8 Å². The van der Waals surface area contributed by atoms with Gasteiger partial charge in [0.2, 0.25) is 0 Å². The maximum atomic E-state index is 12.6. The van der Waals surface area contributed by atoms with Gasteiger partial charge in [-0.2, -0.15) is 0 Å². The van der Waals surface area contributed by atoms with Gasteiger partial charge in [0.25, 0.3) is 5.91 Å². The number of carbonyl (C=O) groups excluding carboxylic acids is 1. The summed E-state index contributed by atoms with van der Waals surface area (Å²) in [5, 5.41) is 9.73. The van der Waals surface area contributed by atoms with Crippen molar-refractivity contribution in [2.24, 2.45) is 0 Å². The third-order valence-corrected chi connectivity index (χ3v) is 3.67. The molecule has 0 aromatic heterocycles. The van der Waals surface area contributed by atoms with E-state index in [1.54, 1.807) is 25.1 Å². The summed E-state index contributed by atoms with van der Waals surface area (Å²) in [4.78, 5) is 14.6. The maximum Gasteiger partial charge on any atom is 0.254 e. The molecule has 0 aliphatic heterocycles. The van der Waals surface area contributed by atoms with Crippen LogP contribution in [-0.2, 0) is 0 Å². The standard InChI is InChI=1S/C16H25NO2/c1-5-7-11-17(12(3)6-2)16(19)14-9-8-10-15(18)13(14)4/h8-10,12,18H,5-7,11H2,1-4H3. The average Bonchev–Trinajstić information content (AvgIpc) is 2.41. The van der Waals surface area contributed by atoms with Crippen LogP contribution in [0.15, 0.2) is 18.2 Å². The molecule has 0 radical (unpaired) electrons. The Hall–Kier alpha value is -1.51. The predicted octanol–water partition coefficient (Wildman–Crippen LogP) is 3.74. The number of carbonyl (C=O) groups is 1. The molecule has 3 heteroatoms. The van der Waals surface area contributed by atoms with Gasteiger partial charge in [-0.05, 0) is 38.8 Å². The second-order valence-corrected chi connectivity index (χ2v) is 5.06. The highest BCUT2D eigenvalue weighted by molar-refractivity contribution is 5.96. The van der Waals surface area contributed by atoms with Crippen molar-refractivity contribution in [3.05, 3.63) is 29.3 Å². The summed E-state index contributed by atoms with van der Waals surface area (Å²) in [5.41, 5.74) is 1.27. The fraction of sp³-hybridized carbons (Fsp3) is 0.562. The lowest BCUT2D eigenvalue weighted by Gasteiger charge is -2.29. The molecule has 0 bridgehead atoms. The highest BCUT2D eigenvalue weighted by atomic mass is 16.3. The second kappa shape index (κ2) is 7.17. The zero-order chi connectivity index (χ0) is 14.4. The lowest BCUT2D eigenvalue weighted by atomic mass is 10.0. The van der Waals surface area contributed by atoms with Gasteiger partial charge in [-0.3, -0.25) is 4.79 Å². The summed E-state index contributed by atoms with van der Waals surface area (Å²) in [6.07, 6.45) is 3.01. The Bertz CT molecular complexity index is 429. The maximum absolute atomic E-state index is 12.6. The predicted molar refractivity (Wildman–Crippen MR) is 78.5 cm³/mol. The Morgan fingerprint density at radius 1 is 1.37 bits per heavy atom. The first-order valence-electron chi connectivity index (χ1n) is 7.12. The molecule has 1 unspecified atom stereocenters. The van der Waals surface area contributed by atoms with Crippen LogP contribution in [0.3, 0.4) is 0 Å². The fourth-order valence-corrected chi connectivity index (χ4v) is 2.08. The van der Waals surface area contributed by atoms with Gasteiger partial charge in [-0.25, -0.2) is 0 Å². The summed E-state index contributed by atoms with van der Waals surface area (Å²) >= 11 is 0. The van der Waals surface area contributed by atoms with E-state index in [9.17, 15) is 9.90 Å². The van der Waals surface area contributed by atoms with Gasteiger partial charge in [0, 0.05) is 23.7 Å². The molecule has 1 amide bonds. The number of aromatic hydroxyl groups is 1. The molecule has 1 aromatic carbocycles. The molecule has 0 spiro atoms. The molecular formula is C16H25NO2. The molecule has 0 aliphatic rings. The molecule has 0 saturated heterocycles. The van der Waals surface area contributed by atoms with Gasteiger partial charge in [0.05, 0.1) is 0 Å². The minimum absolute atomic E-state index is 0.0243. The zero-order valence-electron chi connectivity index (χ0n) is 12.4. The van der Waals surface area contributed by atoms with Crippen LogP contribution in [-0.4, -0.2) is 28.5 Å². The van der Waals surface area contributed by atoms with Gasteiger partial charge in [0.15, 0.2) is 0 Å². The van der Waals surface area contributed by atoms with Crippen LogP contribution in [0.25, 0.3) is 0 Å². The van der Waals surface area contributed by atoms with Crippen molar-refractivity contribution in [1.82, 2.24) is 4.90 Å². The van der Waals surface area contributed by atoms with Crippen molar-refractivity contribution in [3.63, 3.8) is 0 Å². The second-order valence-electron chi connectivity index (χ2n) is 5.06. The normalized spacial score (nSPS) is 12.2. The number of benzene rings is 1. The molecule has 0 heterocycles. The van der Waals surface area contributed by atoms with Crippen LogP contribution < -0.4 is 0 Å². The topological polar surface area (TPSA) is 40.5 Å². The van der Waals surface area contributed by atoms with E-state index < -0.39 is 0 Å². The van der Waals surface area contributed by atoms with Gasteiger partial charge in [0.1, 0.15) is 5.75 Å². The monoisotopic (exact) mass is 263 g/mol. The Morgan fingerprint density at radius 3 is 2.63 bits per heavy atom. The zero-order valence-corrected chi connectivity index (χ0v) is 12.4. The molecule has 1 aromatic rings. The molecular weight excluding hydrogens is 238 g/mol. The van der Waals surface area contributed by atoms with Crippen molar-refractivity contribution >= 4 is 5.91 Å². The molecule has 0 aliphatic carbocycles. The number of hydrogen-bond donors (Lipinski definition) is 1. The molecule has 1 atom stereocenters. The number of amides is 1. The van der Waals surface area contributed by atoms with Crippen LogP contribution in [0.4, 0.5) is 0 Å². The lowest BCUT2D eigenvalue weighted by Crippen LogP contribution is -2.39. The minimum Gasteiger partial charge on any atom is -0.508 e. The van der Waals surface area contributed by atoms with E-state index in [1.165, 1.54) is 0 Å². The molecule has 19 heavy (non-hydrogen) atoms. The molecule has 0 saturated carbocycles. The van der Waals surface area contributed by atoms with Crippen molar-refractivity contribution in [2.45, 2.75) is 53.0 Å². The first-order valence-corrected chi connectivity index (χ1v) is 7.12. The van der Waals surface area contributed by atoms with E-state index in [0.717, 1.165) is 25.8 Å². The first-order chi connectivity index (χ1) is 9.02. The molecule has 3 nitrogen and oxygen atoms in total. The van der Waals surface area contributed by atoms with E-state index in [1.807, 2.05) is 4.90 Å².